The minimum absolute atomic E-state index is 0.0775. The normalized spacial score (nSPS) is 11.5. The number of aryl methyl sites for hydroxylation is 1. The molecule has 0 aromatic carbocycles. The lowest BCUT2D eigenvalue weighted by Crippen LogP contribution is -2.31. The molecular weight excluding hydrogens is 220 g/mol. The van der Waals surface area contributed by atoms with Crippen LogP contribution >= 0.6 is 0 Å². The summed E-state index contributed by atoms with van der Waals surface area (Å²) in [5.41, 5.74) is -0.401. The highest BCUT2D eigenvalue weighted by Crippen LogP contribution is 2.12. The van der Waals surface area contributed by atoms with Crippen molar-refractivity contribution in [3.63, 3.8) is 0 Å². The van der Waals surface area contributed by atoms with E-state index in [9.17, 15) is 13.6 Å². The molecule has 0 aliphatic heterocycles. The van der Waals surface area contributed by atoms with Crippen molar-refractivity contribution < 1.29 is 13.9 Å². The number of aliphatic hydroxyl groups excluding tert-OH is 1. The quantitative estimate of drug-likeness (QED) is 0.686. The summed E-state index contributed by atoms with van der Waals surface area (Å²) in [6.45, 7) is -0.225. The molecule has 5 nitrogen and oxygen atoms in total. The summed E-state index contributed by atoms with van der Waals surface area (Å²) >= 11 is 0. The number of hydrogen-bond acceptors (Lipinski definition) is 4. The van der Waals surface area contributed by atoms with Gasteiger partial charge in [-0.3, -0.25) is 4.79 Å². The van der Waals surface area contributed by atoms with E-state index in [1.807, 2.05) is 0 Å². The Kier molecular flexibility index (Phi) is 3.94. The average Bonchev–Trinajstić information content (AvgIpc) is 2.26. The van der Waals surface area contributed by atoms with Crippen molar-refractivity contribution in [2.24, 2.45) is 0 Å². The van der Waals surface area contributed by atoms with Crippen molar-refractivity contribution in [1.82, 2.24) is 9.97 Å². The van der Waals surface area contributed by atoms with Crippen LogP contribution in [0.25, 0.3) is 0 Å². The first kappa shape index (κ1) is 12.6. The number of rotatable bonds is 5. The van der Waals surface area contributed by atoms with Crippen LogP contribution < -0.4 is 10.9 Å². The van der Waals surface area contributed by atoms with Gasteiger partial charge in [0.2, 0.25) is 0 Å². The number of aromatic amines is 1. The molecule has 1 aromatic rings. The maximum atomic E-state index is 12.7. The molecule has 0 spiro atoms. The molecule has 1 aromatic heterocycles. The lowest BCUT2D eigenvalue weighted by atomic mass is 10.3. The summed E-state index contributed by atoms with van der Waals surface area (Å²) in [6.07, 6.45) is 0.501. The maximum absolute atomic E-state index is 12.7. The molecule has 0 bridgehead atoms. The van der Waals surface area contributed by atoms with Gasteiger partial charge in [-0.05, 0) is 0 Å². The molecule has 16 heavy (non-hydrogen) atoms. The SMILES string of the molecule is CCc1nc(NCC(F)(F)CO)cc(=O)[nH]1. The van der Waals surface area contributed by atoms with Crippen molar-refractivity contribution in [3.05, 3.63) is 22.2 Å². The Bertz CT molecular complexity index is 406. The van der Waals surface area contributed by atoms with E-state index in [1.165, 1.54) is 0 Å². The first-order chi connectivity index (χ1) is 7.46. The molecule has 0 atom stereocenters. The number of halogens is 2. The van der Waals surface area contributed by atoms with Gasteiger partial charge in [0.05, 0.1) is 6.54 Å². The fourth-order valence-corrected chi connectivity index (χ4v) is 1.04. The van der Waals surface area contributed by atoms with Gasteiger partial charge in [-0.25, -0.2) is 13.8 Å². The first-order valence-electron chi connectivity index (χ1n) is 4.79. The lowest BCUT2D eigenvalue weighted by Gasteiger charge is -2.14. The molecule has 3 N–H and O–H groups in total. The summed E-state index contributed by atoms with van der Waals surface area (Å²) in [4.78, 5) is 17.5. The lowest BCUT2D eigenvalue weighted by molar-refractivity contribution is -0.0373. The van der Waals surface area contributed by atoms with Crippen LogP contribution in [0.5, 0.6) is 0 Å². The Balaban J connectivity index is 2.74. The molecule has 0 aliphatic carbocycles. The minimum atomic E-state index is -3.23. The second-order valence-corrected chi connectivity index (χ2v) is 3.30. The molecule has 1 rings (SSSR count). The smallest absolute Gasteiger partial charge is 0.287 e. The van der Waals surface area contributed by atoms with Crippen LogP contribution in [0.3, 0.4) is 0 Å². The van der Waals surface area contributed by atoms with Gasteiger partial charge in [0, 0.05) is 12.5 Å². The molecule has 7 heteroatoms. The van der Waals surface area contributed by atoms with Crippen LogP contribution in [0.4, 0.5) is 14.6 Å². The number of nitrogens with zero attached hydrogens (tertiary/aromatic N) is 1. The van der Waals surface area contributed by atoms with Crippen molar-refractivity contribution in [2.75, 3.05) is 18.5 Å². The summed E-state index contributed by atoms with van der Waals surface area (Å²) in [6, 6.07) is 1.09. The highest BCUT2D eigenvalue weighted by atomic mass is 19.3. The second-order valence-electron chi connectivity index (χ2n) is 3.30. The Morgan fingerprint density at radius 1 is 1.62 bits per heavy atom. The molecule has 0 fully saturated rings. The fraction of sp³-hybridized carbons (Fsp3) is 0.556. The number of nitrogens with one attached hydrogen (secondary N) is 2. The third-order valence-electron chi connectivity index (χ3n) is 1.89. The van der Waals surface area contributed by atoms with Crippen LogP contribution in [-0.4, -0.2) is 34.1 Å². The van der Waals surface area contributed by atoms with E-state index in [0.717, 1.165) is 6.07 Å². The maximum Gasteiger partial charge on any atom is 0.287 e. The van der Waals surface area contributed by atoms with Gasteiger partial charge in [0.1, 0.15) is 18.2 Å². The summed E-state index contributed by atoms with van der Waals surface area (Å²) in [7, 11) is 0. The average molecular weight is 233 g/mol. The van der Waals surface area contributed by atoms with Crippen LogP contribution in [0.1, 0.15) is 12.7 Å². The van der Waals surface area contributed by atoms with Gasteiger partial charge in [-0.15, -0.1) is 0 Å². The number of aromatic nitrogens is 2. The Labute approximate surface area is 90.5 Å². The van der Waals surface area contributed by atoms with Crippen LogP contribution in [0.2, 0.25) is 0 Å². The zero-order chi connectivity index (χ0) is 12.2. The molecule has 0 saturated carbocycles. The number of anilines is 1. The van der Waals surface area contributed by atoms with E-state index in [-0.39, 0.29) is 5.82 Å². The molecule has 0 amide bonds. The fourth-order valence-electron chi connectivity index (χ4n) is 1.04. The zero-order valence-corrected chi connectivity index (χ0v) is 8.76. The molecule has 1 heterocycles. The predicted octanol–water partition coefficient (Wildman–Crippen LogP) is 0.372. The first-order valence-corrected chi connectivity index (χ1v) is 4.79. The zero-order valence-electron chi connectivity index (χ0n) is 8.76. The summed E-state index contributed by atoms with van der Waals surface area (Å²) < 4.78 is 25.4. The molecular formula is C9H13F2N3O2. The third-order valence-corrected chi connectivity index (χ3v) is 1.89. The number of H-pyrrole nitrogens is 1. The Hall–Kier alpha value is -1.50. The highest BCUT2D eigenvalue weighted by molar-refractivity contribution is 5.33. The van der Waals surface area contributed by atoms with E-state index < -0.39 is 24.6 Å². The molecule has 0 aliphatic rings. The van der Waals surface area contributed by atoms with E-state index in [4.69, 9.17) is 5.11 Å². The van der Waals surface area contributed by atoms with Crippen LogP contribution in [0, 0.1) is 0 Å². The van der Waals surface area contributed by atoms with Gasteiger partial charge in [-0.2, -0.15) is 0 Å². The van der Waals surface area contributed by atoms with Crippen molar-refractivity contribution in [2.45, 2.75) is 19.3 Å². The summed E-state index contributed by atoms with van der Waals surface area (Å²) in [5, 5.41) is 10.7. The number of aliphatic hydroxyl groups is 1. The number of alkyl halides is 2. The van der Waals surface area contributed by atoms with Gasteiger partial charge in [0.15, 0.2) is 0 Å². The number of hydrogen-bond donors (Lipinski definition) is 3. The van der Waals surface area contributed by atoms with E-state index in [2.05, 4.69) is 15.3 Å². The van der Waals surface area contributed by atoms with Crippen molar-refractivity contribution in [3.8, 4) is 0 Å². The van der Waals surface area contributed by atoms with Gasteiger partial charge in [-0.1, -0.05) is 6.92 Å². The van der Waals surface area contributed by atoms with Gasteiger partial charge < -0.3 is 15.4 Å². The minimum Gasteiger partial charge on any atom is -0.390 e. The Morgan fingerprint density at radius 2 is 2.31 bits per heavy atom. The predicted molar refractivity (Wildman–Crippen MR) is 54.8 cm³/mol. The van der Waals surface area contributed by atoms with E-state index in [1.54, 1.807) is 6.92 Å². The van der Waals surface area contributed by atoms with Crippen LogP contribution in [0.15, 0.2) is 10.9 Å². The van der Waals surface area contributed by atoms with E-state index in [0.29, 0.717) is 12.2 Å². The highest BCUT2D eigenvalue weighted by Gasteiger charge is 2.27. The topological polar surface area (TPSA) is 78.0 Å². The monoisotopic (exact) mass is 233 g/mol. The summed E-state index contributed by atoms with van der Waals surface area (Å²) in [5.74, 6) is -2.73. The molecule has 90 valence electrons. The van der Waals surface area contributed by atoms with Crippen molar-refractivity contribution >= 4 is 5.82 Å². The van der Waals surface area contributed by atoms with Gasteiger partial charge >= 0.3 is 0 Å². The third kappa shape index (κ3) is 3.58. The second kappa shape index (κ2) is 5.02. The largest absolute Gasteiger partial charge is 0.390 e. The molecule has 0 radical (unpaired) electrons. The van der Waals surface area contributed by atoms with Crippen molar-refractivity contribution in [1.29, 1.82) is 0 Å². The van der Waals surface area contributed by atoms with E-state index >= 15 is 0 Å². The molecule has 0 saturated heterocycles. The molecule has 0 unspecified atom stereocenters. The van der Waals surface area contributed by atoms with Gasteiger partial charge in [0.25, 0.3) is 11.5 Å². The standard InChI is InChI=1S/C9H13F2N3O2/c1-2-6-13-7(3-8(16)14-6)12-4-9(10,11)5-15/h3,15H,2,4-5H2,1H3,(H2,12,13,14,16). The Morgan fingerprint density at radius 3 is 2.88 bits per heavy atom. The van der Waals surface area contributed by atoms with Crippen LogP contribution in [-0.2, 0) is 6.42 Å².